The number of hydrogen-bond donors (Lipinski definition) is 1. The second kappa shape index (κ2) is 6.31. The molecule has 2 aromatic rings. The summed E-state index contributed by atoms with van der Waals surface area (Å²) in [5, 5.41) is 5.43. The minimum Gasteiger partial charge on any atom is -0.366 e. The Kier molecular flexibility index (Phi) is 4.44. The van der Waals surface area contributed by atoms with Gasteiger partial charge in [-0.05, 0) is 41.8 Å². The number of hydrogen-bond acceptors (Lipinski definition) is 3. The van der Waals surface area contributed by atoms with Gasteiger partial charge in [0.25, 0.3) is 0 Å². The van der Waals surface area contributed by atoms with Gasteiger partial charge in [-0.1, -0.05) is 42.1 Å². The number of alkyl halides is 6. The van der Waals surface area contributed by atoms with E-state index < -0.39 is 39.5 Å². The minimum absolute atomic E-state index is 0.243. The van der Waals surface area contributed by atoms with Crippen molar-refractivity contribution in [1.82, 2.24) is 5.32 Å². The second-order valence-corrected chi connectivity index (χ2v) is 9.28. The molecule has 1 aromatic carbocycles. The highest BCUT2D eigenvalue weighted by molar-refractivity contribution is 8.03. The van der Waals surface area contributed by atoms with Crippen molar-refractivity contribution >= 4 is 28.7 Å². The number of rotatable bonds is 3. The molecule has 0 saturated heterocycles. The molecule has 0 fully saturated rings. The van der Waals surface area contributed by atoms with E-state index in [9.17, 15) is 26.3 Å². The Morgan fingerprint density at radius 1 is 0.862 bits per heavy atom. The van der Waals surface area contributed by atoms with Crippen LogP contribution in [0.3, 0.4) is 0 Å². The van der Waals surface area contributed by atoms with Gasteiger partial charge in [-0.15, -0.1) is 11.3 Å². The molecule has 0 radical (unpaired) electrons. The Bertz CT molecular complexity index is 1020. The summed E-state index contributed by atoms with van der Waals surface area (Å²) in [6.07, 6.45) is 0. The number of nitrogens with one attached hydrogen (secondary N) is 1. The lowest BCUT2D eigenvalue weighted by molar-refractivity contribution is -0.259. The van der Waals surface area contributed by atoms with E-state index in [1.54, 1.807) is 37.3 Å². The van der Waals surface area contributed by atoms with Gasteiger partial charge in [-0.2, -0.15) is 26.3 Å². The van der Waals surface area contributed by atoms with Crippen LogP contribution in [0, 0.1) is 6.92 Å². The van der Waals surface area contributed by atoms with E-state index in [0.29, 0.717) is 5.56 Å². The third-order valence-electron chi connectivity index (χ3n) is 5.14. The van der Waals surface area contributed by atoms with Crippen LogP contribution in [0.2, 0.25) is 0 Å². The summed E-state index contributed by atoms with van der Waals surface area (Å²) in [6.45, 7) is 3.11. The number of allylic oxidation sites excluding steroid dienone is 2. The lowest BCUT2D eigenvalue weighted by atomic mass is 10.0. The van der Waals surface area contributed by atoms with E-state index in [4.69, 9.17) is 0 Å². The van der Waals surface area contributed by atoms with Crippen molar-refractivity contribution < 1.29 is 26.3 Å². The number of aryl methyl sites for hydroxylation is 1. The first kappa shape index (κ1) is 20.4. The van der Waals surface area contributed by atoms with Gasteiger partial charge < -0.3 is 5.32 Å². The minimum atomic E-state index is -5.54. The highest BCUT2D eigenvalue weighted by Crippen LogP contribution is 2.65. The van der Waals surface area contributed by atoms with Gasteiger partial charge in [0, 0.05) is 4.88 Å². The van der Waals surface area contributed by atoms with Crippen molar-refractivity contribution in [2.24, 2.45) is 0 Å². The van der Waals surface area contributed by atoms with Crippen molar-refractivity contribution in [2.75, 3.05) is 0 Å². The molecule has 4 rings (SSSR count). The standard InChI is InChI=1S/C20H15F6NS2/c1-11-8-9-28-16(11)15-14(18(21,22)20(25,26)19(15,23)24)13-10-29-17(2,27-13)12-6-4-3-5-7-12/h3-10,27H,1-2H3/t17-/m0/s1. The third kappa shape index (κ3) is 2.70. The van der Waals surface area contributed by atoms with E-state index in [0.717, 1.165) is 23.1 Å². The molecule has 29 heavy (non-hydrogen) atoms. The molecule has 0 bridgehead atoms. The van der Waals surface area contributed by atoms with Crippen LogP contribution < -0.4 is 5.32 Å². The summed E-state index contributed by atoms with van der Waals surface area (Å²) in [5.41, 5.74) is -2.12. The quantitative estimate of drug-likeness (QED) is 0.521. The zero-order valence-corrected chi connectivity index (χ0v) is 16.8. The SMILES string of the molecule is Cc1ccsc1C1=C(C2=CS[C@@](C)(c3ccccc3)N2)C(F)(F)C(F)(F)C1(F)F. The Labute approximate surface area is 171 Å². The molecule has 9 heteroatoms. The molecule has 1 nitrogen and oxygen atoms in total. The lowest BCUT2D eigenvalue weighted by Crippen LogP contribution is -2.49. The zero-order chi connectivity index (χ0) is 21.2. The monoisotopic (exact) mass is 447 g/mol. The molecule has 0 amide bonds. The van der Waals surface area contributed by atoms with Crippen LogP contribution in [-0.2, 0) is 4.87 Å². The van der Waals surface area contributed by atoms with Crippen molar-refractivity contribution in [3.63, 3.8) is 0 Å². The fourth-order valence-electron chi connectivity index (χ4n) is 3.52. The summed E-state index contributed by atoms with van der Waals surface area (Å²) in [5.74, 6) is -15.6. The first-order chi connectivity index (χ1) is 13.4. The van der Waals surface area contributed by atoms with Crippen LogP contribution in [0.1, 0.15) is 22.9 Å². The van der Waals surface area contributed by atoms with Gasteiger partial charge in [0.2, 0.25) is 0 Å². The number of thiophene rings is 1. The summed E-state index contributed by atoms with van der Waals surface area (Å²) in [4.78, 5) is -1.22. The predicted octanol–water partition coefficient (Wildman–Crippen LogP) is 6.78. The average Bonchev–Trinajstić information content (AvgIpc) is 3.28. The van der Waals surface area contributed by atoms with Crippen molar-refractivity contribution in [2.45, 2.75) is 36.5 Å². The molecule has 2 aliphatic rings. The largest absolute Gasteiger partial charge is 0.380 e. The van der Waals surface area contributed by atoms with E-state index in [2.05, 4.69) is 5.32 Å². The van der Waals surface area contributed by atoms with E-state index >= 15 is 0 Å². The van der Waals surface area contributed by atoms with Gasteiger partial charge in [0.05, 0.1) is 16.8 Å². The van der Waals surface area contributed by atoms with Gasteiger partial charge in [0.1, 0.15) is 4.87 Å². The molecular formula is C20H15F6NS2. The van der Waals surface area contributed by atoms with Crippen LogP contribution in [0.4, 0.5) is 26.3 Å². The Morgan fingerprint density at radius 3 is 2.07 bits per heavy atom. The van der Waals surface area contributed by atoms with Gasteiger partial charge in [-0.25, -0.2) is 0 Å². The molecular weight excluding hydrogens is 432 g/mol. The molecule has 0 saturated carbocycles. The first-order valence-electron chi connectivity index (χ1n) is 8.58. The summed E-state index contributed by atoms with van der Waals surface area (Å²) < 4.78 is 87.6. The normalized spacial score (nSPS) is 27.1. The number of thioether (sulfide) groups is 1. The molecule has 0 spiro atoms. The zero-order valence-electron chi connectivity index (χ0n) is 15.2. The van der Waals surface area contributed by atoms with E-state index in [-0.39, 0.29) is 10.4 Å². The van der Waals surface area contributed by atoms with E-state index in [1.165, 1.54) is 23.8 Å². The Morgan fingerprint density at radius 2 is 1.48 bits per heavy atom. The lowest BCUT2D eigenvalue weighted by Gasteiger charge is -2.28. The summed E-state index contributed by atoms with van der Waals surface area (Å²) in [7, 11) is 0. The highest BCUT2D eigenvalue weighted by atomic mass is 32.2. The first-order valence-corrected chi connectivity index (χ1v) is 10.3. The third-order valence-corrected chi connectivity index (χ3v) is 7.33. The predicted molar refractivity (Wildman–Crippen MR) is 103 cm³/mol. The maximum atomic E-state index is 14.8. The van der Waals surface area contributed by atoms with Crippen LogP contribution in [0.5, 0.6) is 0 Å². The van der Waals surface area contributed by atoms with Crippen LogP contribution in [-0.4, -0.2) is 17.8 Å². The summed E-state index contributed by atoms with van der Waals surface area (Å²) >= 11 is 1.81. The molecule has 1 aliphatic heterocycles. The highest BCUT2D eigenvalue weighted by Gasteiger charge is 2.81. The van der Waals surface area contributed by atoms with Crippen molar-refractivity contribution in [3.05, 3.63) is 74.5 Å². The maximum absolute atomic E-state index is 14.8. The van der Waals surface area contributed by atoms with Crippen molar-refractivity contribution in [3.8, 4) is 0 Å². The molecule has 1 N–H and O–H groups in total. The van der Waals surface area contributed by atoms with Crippen LogP contribution in [0.15, 0.2) is 58.5 Å². The fourth-order valence-corrected chi connectivity index (χ4v) is 5.51. The van der Waals surface area contributed by atoms with E-state index in [1.807, 2.05) is 0 Å². The summed E-state index contributed by atoms with van der Waals surface area (Å²) in [6, 6.07) is 10.2. The van der Waals surface area contributed by atoms with Gasteiger partial charge in [0.15, 0.2) is 0 Å². The van der Waals surface area contributed by atoms with Crippen LogP contribution >= 0.6 is 23.1 Å². The van der Waals surface area contributed by atoms with Crippen molar-refractivity contribution in [1.29, 1.82) is 0 Å². The Hall–Kier alpha value is -1.87. The molecule has 1 aromatic heterocycles. The smallest absolute Gasteiger partial charge is 0.366 e. The number of benzene rings is 1. The van der Waals surface area contributed by atoms with Gasteiger partial charge >= 0.3 is 17.8 Å². The number of halogens is 6. The van der Waals surface area contributed by atoms with Gasteiger partial charge in [-0.3, -0.25) is 0 Å². The molecule has 1 atom stereocenters. The molecule has 1 aliphatic carbocycles. The average molecular weight is 447 g/mol. The Balaban J connectivity index is 1.89. The fraction of sp³-hybridized carbons (Fsp3) is 0.300. The molecule has 154 valence electrons. The van der Waals surface area contributed by atoms with Crippen LogP contribution in [0.25, 0.3) is 5.57 Å². The topological polar surface area (TPSA) is 12.0 Å². The molecule has 0 unspecified atom stereocenters. The second-order valence-electron chi connectivity index (χ2n) is 7.08. The molecule has 2 heterocycles. The maximum Gasteiger partial charge on any atom is 0.380 e.